The van der Waals surface area contributed by atoms with Gasteiger partial charge in [0.15, 0.2) is 6.10 Å². The molecule has 10 heteroatoms. The van der Waals surface area contributed by atoms with Gasteiger partial charge in [0.25, 0.3) is 7.82 Å². The van der Waals surface area contributed by atoms with Crippen LogP contribution in [0.2, 0.25) is 0 Å². The molecular formula is C60H108NO8P. The third kappa shape index (κ3) is 54.8. The minimum Gasteiger partial charge on any atom is -0.756 e. The van der Waals surface area contributed by atoms with Gasteiger partial charge in [0.1, 0.15) is 19.8 Å². The average Bonchev–Trinajstić information content (AvgIpc) is 3.32. The minimum absolute atomic E-state index is 0.0345. The molecule has 0 heterocycles. The van der Waals surface area contributed by atoms with E-state index in [1.54, 1.807) is 0 Å². The summed E-state index contributed by atoms with van der Waals surface area (Å²) >= 11 is 0. The van der Waals surface area contributed by atoms with Crippen LogP contribution in [0.15, 0.2) is 72.9 Å². The van der Waals surface area contributed by atoms with Gasteiger partial charge in [-0.1, -0.05) is 222 Å². The van der Waals surface area contributed by atoms with Crippen molar-refractivity contribution < 1.29 is 42.1 Å². The van der Waals surface area contributed by atoms with Crippen LogP contribution in [0.3, 0.4) is 0 Å². The first-order chi connectivity index (χ1) is 34.0. The zero-order valence-corrected chi connectivity index (χ0v) is 46.8. The summed E-state index contributed by atoms with van der Waals surface area (Å²) in [5.74, 6) is -0.838. The SMILES string of the molecule is CC/C=C\C/C=C\C/C=C\C/C=C\CCCCCCCCCCCCC(=O)OC(COC(=O)CCCCCCCCCCCCC/C=C\C/C=C\CCCCCCC)COP(=O)([O-])OCC[N+](C)(C)C. The lowest BCUT2D eigenvalue weighted by Gasteiger charge is -2.28. The van der Waals surface area contributed by atoms with Crippen LogP contribution >= 0.6 is 7.82 Å². The fraction of sp³-hybridized carbons (Fsp3) is 0.767. The number of hydrogen-bond acceptors (Lipinski definition) is 8. The van der Waals surface area contributed by atoms with E-state index >= 15 is 0 Å². The van der Waals surface area contributed by atoms with Crippen LogP contribution in [0.4, 0.5) is 0 Å². The van der Waals surface area contributed by atoms with E-state index in [4.69, 9.17) is 18.5 Å². The second-order valence-corrected chi connectivity index (χ2v) is 21.7. The van der Waals surface area contributed by atoms with Crippen molar-refractivity contribution in [2.75, 3.05) is 47.5 Å². The van der Waals surface area contributed by atoms with E-state index in [0.29, 0.717) is 17.4 Å². The Kier molecular flexibility index (Phi) is 49.5. The number of carbonyl (C=O) groups excluding carboxylic acids is 2. The van der Waals surface area contributed by atoms with Crippen molar-refractivity contribution in [2.24, 2.45) is 0 Å². The smallest absolute Gasteiger partial charge is 0.306 e. The molecule has 0 rings (SSSR count). The summed E-state index contributed by atoms with van der Waals surface area (Å²) in [7, 11) is 1.16. The molecule has 70 heavy (non-hydrogen) atoms. The van der Waals surface area contributed by atoms with Crippen molar-refractivity contribution in [2.45, 2.75) is 251 Å². The normalized spacial score (nSPS) is 13.9. The predicted octanol–water partition coefficient (Wildman–Crippen LogP) is 17.1. The lowest BCUT2D eigenvalue weighted by atomic mass is 10.0. The first-order valence-corrected chi connectivity index (χ1v) is 30.1. The molecule has 0 aliphatic carbocycles. The van der Waals surface area contributed by atoms with E-state index in [1.165, 1.54) is 135 Å². The highest BCUT2D eigenvalue weighted by atomic mass is 31.2. The fourth-order valence-corrected chi connectivity index (χ4v) is 8.52. The molecular weight excluding hydrogens is 894 g/mol. The molecule has 0 bridgehead atoms. The number of unbranched alkanes of at least 4 members (excludes halogenated alkanes) is 26. The minimum atomic E-state index is -4.64. The van der Waals surface area contributed by atoms with Crippen molar-refractivity contribution in [1.29, 1.82) is 0 Å². The van der Waals surface area contributed by atoms with Gasteiger partial charge in [0.05, 0.1) is 27.7 Å². The van der Waals surface area contributed by atoms with Gasteiger partial charge < -0.3 is 27.9 Å². The van der Waals surface area contributed by atoms with Crippen LogP contribution in [0.5, 0.6) is 0 Å². The van der Waals surface area contributed by atoms with Gasteiger partial charge in [-0.2, -0.15) is 0 Å². The van der Waals surface area contributed by atoms with E-state index in [1.807, 2.05) is 21.1 Å². The maximum atomic E-state index is 12.8. The summed E-state index contributed by atoms with van der Waals surface area (Å²) in [4.78, 5) is 37.9. The Bertz CT molecular complexity index is 1410. The standard InChI is InChI=1S/C60H108NO8P/c1-6-8-10-12-14-16-18-20-22-24-26-28-30-32-34-36-38-40-42-44-46-48-50-52-59(62)66-56-58(57-68-70(64,65)67-55-54-61(3,4)5)69-60(63)53-51-49-47-45-43-41-39-37-35-33-31-29-27-25-23-21-19-17-15-13-11-9-7-2/h9,11,15,17-18,20-21,23-24,26-27,29,58H,6-8,10,12-14,16,19,22,25,28,30-57H2,1-5H3/b11-9-,17-15-,20-18-,23-21-,26-24-,29-27-. The van der Waals surface area contributed by atoms with E-state index in [9.17, 15) is 19.0 Å². The third-order valence-corrected chi connectivity index (χ3v) is 13.2. The number of ether oxygens (including phenoxy) is 2. The molecule has 0 spiro atoms. The predicted molar refractivity (Wildman–Crippen MR) is 296 cm³/mol. The molecule has 0 aromatic carbocycles. The molecule has 0 aromatic rings. The Balaban J connectivity index is 4.19. The highest BCUT2D eigenvalue weighted by Gasteiger charge is 2.21. The number of esters is 2. The maximum Gasteiger partial charge on any atom is 0.306 e. The Labute approximate surface area is 431 Å². The van der Waals surface area contributed by atoms with Crippen molar-refractivity contribution in [1.82, 2.24) is 0 Å². The topological polar surface area (TPSA) is 111 Å². The molecule has 2 unspecified atom stereocenters. The van der Waals surface area contributed by atoms with Gasteiger partial charge in [-0.25, -0.2) is 0 Å². The Morgan fingerprint density at radius 1 is 0.457 bits per heavy atom. The number of likely N-dealkylation sites (N-methyl/N-ethyl adjacent to an activating group) is 1. The number of quaternary nitrogens is 1. The van der Waals surface area contributed by atoms with Crippen molar-refractivity contribution >= 4 is 19.8 Å². The largest absolute Gasteiger partial charge is 0.756 e. The number of nitrogens with zero attached hydrogens (tertiary/aromatic N) is 1. The number of allylic oxidation sites excluding steroid dienone is 12. The summed E-state index contributed by atoms with van der Waals surface area (Å²) in [6.45, 7) is 4.12. The third-order valence-electron chi connectivity index (χ3n) is 12.2. The molecule has 0 radical (unpaired) electrons. The summed E-state index contributed by atoms with van der Waals surface area (Å²) in [5.41, 5.74) is 0. The van der Waals surface area contributed by atoms with Crippen LogP contribution in [-0.2, 0) is 32.7 Å². The lowest BCUT2D eigenvalue weighted by molar-refractivity contribution is -0.870. The quantitative estimate of drug-likeness (QED) is 0.0195. The van der Waals surface area contributed by atoms with Gasteiger partial charge in [0.2, 0.25) is 0 Å². The van der Waals surface area contributed by atoms with Gasteiger partial charge >= 0.3 is 11.9 Å². The molecule has 0 saturated heterocycles. The van der Waals surface area contributed by atoms with Gasteiger partial charge in [-0.15, -0.1) is 0 Å². The zero-order chi connectivity index (χ0) is 51.3. The van der Waals surface area contributed by atoms with Crippen LogP contribution in [-0.4, -0.2) is 70.0 Å². The van der Waals surface area contributed by atoms with Gasteiger partial charge in [0, 0.05) is 12.8 Å². The van der Waals surface area contributed by atoms with Crippen molar-refractivity contribution in [3.63, 3.8) is 0 Å². The van der Waals surface area contributed by atoms with Crippen LogP contribution in [0.25, 0.3) is 0 Å². The second-order valence-electron chi connectivity index (χ2n) is 20.3. The van der Waals surface area contributed by atoms with E-state index < -0.39 is 26.5 Å². The summed E-state index contributed by atoms with van der Waals surface area (Å²) in [6.07, 6.45) is 66.5. The molecule has 0 aliphatic rings. The molecule has 9 nitrogen and oxygen atoms in total. The van der Waals surface area contributed by atoms with E-state index in [0.717, 1.165) is 77.0 Å². The van der Waals surface area contributed by atoms with Crippen LogP contribution in [0.1, 0.15) is 245 Å². The van der Waals surface area contributed by atoms with Crippen LogP contribution < -0.4 is 4.89 Å². The summed E-state index contributed by atoms with van der Waals surface area (Å²) < 4.78 is 34.2. The zero-order valence-electron chi connectivity index (χ0n) is 46.0. The molecule has 0 aliphatic heterocycles. The highest BCUT2D eigenvalue weighted by molar-refractivity contribution is 7.45. The first kappa shape index (κ1) is 67.5. The highest BCUT2D eigenvalue weighted by Crippen LogP contribution is 2.38. The molecule has 0 N–H and O–H groups in total. The number of phosphoric acid groups is 1. The maximum absolute atomic E-state index is 12.8. The van der Waals surface area contributed by atoms with Gasteiger partial charge in [-0.3, -0.25) is 14.2 Å². The van der Waals surface area contributed by atoms with Crippen molar-refractivity contribution in [3.05, 3.63) is 72.9 Å². The molecule has 0 fully saturated rings. The van der Waals surface area contributed by atoms with Crippen molar-refractivity contribution in [3.8, 4) is 0 Å². The molecule has 406 valence electrons. The molecule has 0 amide bonds. The second kappa shape index (κ2) is 51.4. The number of rotatable bonds is 52. The summed E-state index contributed by atoms with van der Waals surface area (Å²) in [6, 6.07) is 0. The number of carbonyl (C=O) groups is 2. The van der Waals surface area contributed by atoms with E-state index in [2.05, 4.69) is 86.8 Å². The molecule has 0 saturated carbocycles. The number of phosphoric ester groups is 1. The van der Waals surface area contributed by atoms with E-state index in [-0.39, 0.29) is 32.0 Å². The number of hydrogen-bond donors (Lipinski definition) is 0. The Morgan fingerprint density at radius 2 is 0.814 bits per heavy atom. The first-order valence-electron chi connectivity index (χ1n) is 28.6. The Hall–Kier alpha value is -2.55. The Morgan fingerprint density at radius 3 is 1.21 bits per heavy atom. The fourth-order valence-electron chi connectivity index (χ4n) is 7.80. The van der Waals surface area contributed by atoms with Crippen LogP contribution in [0, 0.1) is 0 Å². The monoisotopic (exact) mass is 1000 g/mol. The summed E-state index contributed by atoms with van der Waals surface area (Å²) in [5, 5.41) is 0. The lowest BCUT2D eigenvalue weighted by Crippen LogP contribution is -2.37. The average molecular weight is 1000 g/mol. The van der Waals surface area contributed by atoms with Gasteiger partial charge in [-0.05, 0) is 83.5 Å². The molecule has 2 atom stereocenters. The molecule has 0 aromatic heterocycles.